The fourth-order valence-corrected chi connectivity index (χ4v) is 3.67. The molecule has 1 fully saturated rings. The van der Waals surface area contributed by atoms with Crippen molar-refractivity contribution in [2.45, 2.75) is 13.0 Å². The van der Waals surface area contributed by atoms with E-state index in [2.05, 4.69) is 44.4 Å². The SMILES string of the molecule is CC(NC(=O)c1ccnc(N2CCN(c3ccccc3)CC2)c1)c1ccccc1. The van der Waals surface area contributed by atoms with E-state index in [9.17, 15) is 4.79 Å². The molecule has 1 atom stereocenters. The van der Waals surface area contributed by atoms with Crippen molar-refractivity contribution < 1.29 is 4.79 Å². The van der Waals surface area contributed by atoms with Crippen LogP contribution < -0.4 is 15.1 Å². The monoisotopic (exact) mass is 386 g/mol. The van der Waals surface area contributed by atoms with Gasteiger partial charge in [0.25, 0.3) is 5.91 Å². The van der Waals surface area contributed by atoms with Gasteiger partial charge in [-0.3, -0.25) is 4.79 Å². The molecule has 1 N–H and O–H groups in total. The maximum Gasteiger partial charge on any atom is 0.251 e. The summed E-state index contributed by atoms with van der Waals surface area (Å²) in [7, 11) is 0. The number of rotatable bonds is 5. The molecule has 0 radical (unpaired) electrons. The summed E-state index contributed by atoms with van der Waals surface area (Å²) in [6.45, 7) is 5.64. The standard InChI is InChI=1S/C24H26N4O/c1-19(20-8-4-2-5-9-20)26-24(29)21-12-13-25-23(18-21)28-16-14-27(15-17-28)22-10-6-3-7-11-22/h2-13,18-19H,14-17H2,1H3,(H,26,29). The highest BCUT2D eigenvalue weighted by molar-refractivity contribution is 5.95. The summed E-state index contributed by atoms with van der Waals surface area (Å²) in [6, 6.07) is 24.1. The minimum absolute atomic E-state index is 0.0465. The smallest absolute Gasteiger partial charge is 0.251 e. The second-order valence-corrected chi connectivity index (χ2v) is 7.32. The fourth-order valence-electron chi connectivity index (χ4n) is 3.67. The first-order valence-electron chi connectivity index (χ1n) is 10.1. The molecule has 1 amide bonds. The molecule has 29 heavy (non-hydrogen) atoms. The number of aromatic nitrogens is 1. The number of anilines is 2. The Bertz CT molecular complexity index is 937. The molecule has 1 saturated heterocycles. The molecule has 0 aliphatic carbocycles. The third-order valence-electron chi connectivity index (χ3n) is 5.38. The molecular weight excluding hydrogens is 360 g/mol. The largest absolute Gasteiger partial charge is 0.368 e. The lowest BCUT2D eigenvalue weighted by molar-refractivity contribution is 0.0940. The predicted molar refractivity (Wildman–Crippen MR) is 117 cm³/mol. The fraction of sp³-hybridized carbons (Fsp3) is 0.250. The molecular formula is C24H26N4O. The van der Waals surface area contributed by atoms with Crippen LogP contribution in [0, 0.1) is 0 Å². The molecule has 0 saturated carbocycles. The molecule has 3 aromatic rings. The van der Waals surface area contributed by atoms with Crippen molar-refractivity contribution in [1.29, 1.82) is 0 Å². The van der Waals surface area contributed by atoms with Gasteiger partial charge in [-0.25, -0.2) is 4.98 Å². The normalized spacial score (nSPS) is 15.1. The van der Waals surface area contributed by atoms with Gasteiger partial charge in [-0.1, -0.05) is 48.5 Å². The predicted octanol–water partition coefficient (Wildman–Crippen LogP) is 3.90. The van der Waals surface area contributed by atoms with Crippen LogP contribution in [0.5, 0.6) is 0 Å². The summed E-state index contributed by atoms with van der Waals surface area (Å²) in [4.78, 5) is 21.9. The first-order chi connectivity index (χ1) is 14.2. The molecule has 0 spiro atoms. The zero-order chi connectivity index (χ0) is 20.1. The molecule has 5 heteroatoms. The number of nitrogens with one attached hydrogen (secondary N) is 1. The van der Waals surface area contributed by atoms with Gasteiger partial charge in [-0.2, -0.15) is 0 Å². The highest BCUT2D eigenvalue weighted by atomic mass is 16.1. The van der Waals surface area contributed by atoms with Crippen molar-refractivity contribution >= 4 is 17.4 Å². The van der Waals surface area contributed by atoms with E-state index in [0.29, 0.717) is 5.56 Å². The lowest BCUT2D eigenvalue weighted by atomic mass is 10.1. The molecule has 1 unspecified atom stereocenters. The quantitative estimate of drug-likeness (QED) is 0.723. The summed E-state index contributed by atoms with van der Waals surface area (Å²) in [5.41, 5.74) is 2.98. The second-order valence-electron chi connectivity index (χ2n) is 7.32. The first kappa shape index (κ1) is 19.0. The Hall–Kier alpha value is -3.34. The van der Waals surface area contributed by atoms with Crippen LogP contribution in [0.3, 0.4) is 0 Å². The Morgan fingerprint density at radius 2 is 1.52 bits per heavy atom. The van der Waals surface area contributed by atoms with Crippen molar-refractivity contribution in [2.24, 2.45) is 0 Å². The van der Waals surface area contributed by atoms with E-state index in [-0.39, 0.29) is 11.9 Å². The Labute approximate surface area is 172 Å². The van der Waals surface area contributed by atoms with Gasteiger partial charge in [0.2, 0.25) is 0 Å². The third-order valence-corrected chi connectivity index (χ3v) is 5.38. The van der Waals surface area contributed by atoms with Gasteiger partial charge in [0.15, 0.2) is 0 Å². The molecule has 1 aliphatic heterocycles. The van der Waals surface area contributed by atoms with Crippen LogP contribution in [0.15, 0.2) is 79.0 Å². The number of benzene rings is 2. The van der Waals surface area contributed by atoms with Crippen LogP contribution in [0.1, 0.15) is 28.9 Å². The summed E-state index contributed by atoms with van der Waals surface area (Å²) in [6.07, 6.45) is 1.72. The van der Waals surface area contributed by atoms with E-state index < -0.39 is 0 Å². The van der Waals surface area contributed by atoms with E-state index in [1.807, 2.05) is 49.4 Å². The number of carbonyl (C=O) groups is 1. The van der Waals surface area contributed by atoms with Gasteiger partial charge < -0.3 is 15.1 Å². The Morgan fingerprint density at radius 3 is 2.21 bits per heavy atom. The van der Waals surface area contributed by atoms with Gasteiger partial charge in [0.05, 0.1) is 6.04 Å². The van der Waals surface area contributed by atoms with Crippen LogP contribution >= 0.6 is 0 Å². The van der Waals surface area contributed by atoms with Crippen LogP contribution in [0.2, 0.25) is 0 Å². The Morgan fingerprint density at radius 1 is 0.897 bits per heavy atom. The van der Waals surface area contributed by atoms with Gasteiger partial charge in [-0.05, 0) is 36.8 Å². The van der Waals surface area contributed by atoms with Crippen molar-refractivity contribution in [3.63, 3.8) is 0 Å². The number of amides is 1. The Balaban J connectivity index is 1.39. The number of hydrogen-bond acceptors (Lipinski definition) is 4. The van der Waals surface area contributed by atoms with Crippen molar-refractivity contribution in [3.8, 4) is 0 Å². The van der Waals surface area contributed by atoms with Gasteiger partial charge in [0.1, 0.15) is 5.82 Å². The van der Waals surface area contributed by atoms with Crippen molar-refractivity contribution in [2.75, 3.05) is 36.0 Å². The zero-order valence-corrected chi connectivity index (χ0v) is 16.7. The average Bonchev–Trinajstić information content (AvgIpc) is 2.80. The van der Waals surface area contributed by atoms with Crippen LogP contribution in [-0.4, -0.2) is 37.1 Å². The first-order valence-corrected chi connectivity index (χ1v) is 10.1. The number of carbonyl (C=O) groups excluding carboxylic acids is 1. The number of para-hydroxylation sites is 1. The number of hydrogen-bond donors (Lipinski definition) is 1. The molecule has 1 aliphatic rings. The summed E-state index contributed by atoms with van der Waals surface area (Å²) >= 11 is 0. The number of nitrogens with zero attached hydrogens (tertiary/aromatic N) is 3. The topological polar surface area (TPSA) is 48.5 Å². The minimum Gasteiger partial charge on any atom is -0.368 e. The zero-order valence-electron chi connectivity index (χ0n) is 16.7. The molecule has 2 aromatic carbocycles. The van der Waals surface area contributed by atoms with E-state index in [0.717, 1.165) is 37.6 Å². The molecule has 1 aromatic heterocycles. The highest BCUT2D eigenvalue weighted by Crippen LogP contribution is 2.20. The molecule has 0 bridgehead atoms. The van der Waals surface area contributed by atoms with Crippen molar-refractivity contribution in [1.82, 2.24) is 10.3 Å². The second kappa shape index (κ2) is 8.78. The molecule has 5 nitrogen and oxygen atoms in total. The van der Waals surface area contributed by atoms with Crippen LogP contribution in [-0.2, 0) is 0 Å². The average molecular weight is 386 g/mol. The number of pyridine rings is 1. The van der Waals surface area contributed by atoms with Gasteiger partial charge in [0, 0.05) is 43.6 Å². The van der Waals surface area contributed by atoms with E-state index >= 15 is 0 Å². The van der Waals surface area contributed by atoms with Crippen molar-refractivity contribution in [3.05, 3.63) is 90.1 Å². The lowest BCUT2D eigenvalue weighted by Crippen LogP contribution is -2.46. The Kier molecular flexibility index (Phi) is 5.75. The van der Waals surface area contributed by atoms with Gasteiger partial charge >= 0.3 is 0 Å². The molecule has 2 heterocycles. The minimum atomic E-state index is -0.0760. The maximum absolute atomic E-state index is 12.7. The van der Waals surface area contributed by atoms with E-state index in [4.69, 9.17) is 0 Å². The third kappa shape index (κ3) is 4.57. The van der Waals surface area contributed by atoms with Crippen LogP contribution in [0.4, 0.5) is 11.5 Å². The lowest BCUT2D eigenvalue weighted by Gasteiger charge is -2.36. The van der Waals surface area contributed by atoms with Crippen LogP contribution in [0.25, 0.3) is 0 Å². The maximum atomic E-state index is 12.7. The summed E-state index contributed by atoms with van der Waals surface area (Å²) in [5.74, 6) is 0.783. The van der Waals surface area contributed by atoms with E-state index in [1.54, 1.807) is 12.3 Å². The number of piperazine rings is 1. The molecule has 4 rings (SSSR count). The van der Waals surface area contributed by atoms with E-state index in [1.165, 1.54) is 5.69 Å². The summed E-state index contributed by atoms with van der Waals surface area (Å²) < 4.78 is 0. The molecule has 148 valence electrons. The van der Waals surface area contributed by atoms with Gasteiger partial charge in [-0.15, -0.1) is 0 Å². The summed E-state index contributed by atoms with van der Waals surface area (Å²) in [5, 5.41) is 3.08. The highest BCUT2D eigenvalue weighted by Gasteiger charge is 2.19.